The molecular weight excluding hydrogens is 226 g/mol. The van der Waals surface area contributed by atoms with E-state index in [0.29, 0.717) is 0 Å². The lowest BCUT2D eigenvalue weighted by atomic mass is 10.0. The van der Waals surface area contributed by atoms with Crippen LogP contribution < -0.4 is 5.73 Å². The Bertz CT molecular complexity index is 430. The monoisotopic (exact) mass is 245 g/mol. The summed E-state index contributed by atoms with van der Waals surface area (Å²) in [4.78, 5) is 1.36. The van der Waals surface area contributed by atoms with Gasteiger partial charge >= 0.3 is 0 Å². The summed E-state index contributed by atoms with van der Waals surface area (Å²) in [5, 5.41) is 2.10. The van der Waals surface area contributed by atoms with Crippen LogP contribution >= 0.6 is 11.3 Å². The van der Waals surface area contributed by atoms with E-state index in [4.69, 9.17) is 5.73 Å². The van der Waals surface area contributed by atoms with Crippen LogP contribution in [0.5, 0.6) is 0 Å². The predicted octanol–water partition coefficient (Wildman–Crippen LogP) is 3.94. The Morgan fingerprint density at radius 3 is 2.53 bits per heavy atom. The molecule has 0 aliphatic heterocycles. The topological polar surface area (TPSA) is 26.0 Å². The highest BCUT2D eigenvalue weighted by Gasteiger charge is 2.07. The van der Waals surface area contributed by atoms with Crippen molar-refractivity contribution in [3.05, 3.63) is 57.8 Å². The van der Waals surface area contributed by atoms with Crippen molar-refractivity contribution in [3.8, 4) is 0 Å². The number of aryl methyl sites for hydroxylation is 1. The molecule has 17 heavy (non-hydrogen) atoms. The maximum atomic E-state index is 6.22. The van der Waals surface area contributed by atoms with E-state index < -0.39 is 0 Å². The Hall–Kier alpha value is -1.12. The molecule has 0 saturated heterocycles. The standard InChI is InChI=1S/C15H19NS/c1-2-4-12-6-8-13(9-7-12)15(16)11-14-5-3-10-17-14/h3,5-10,15H,2,4,11,16H2,1H3. The smallest absolute Gasteiger partial charge is 0.0343 e. The zero-order chi connectivity index (χ0) is 12.1. The Labute approximate surface area is 107 Å². The number of rotatable bonds is 5. The van der Waals surface area contributed by atoms with E-state index in [1.54, 1.807) is 11.3 Å². The first-order valence-electron chi connectivity index (χ1n) is 6.16. The van der Waals surface area contributed by atoms with E-state index in [-0.39, 0.29) is 6.04 Å². The van der Waals surface area contributed by atoms with Crippen molar-refractivity contribution in [1.82, 2.24) is 0 Å². The number of nitrogens with two attached hydrogens (primary N) is 1. The van der Waals surface area contributed by atoms with E-state index in [2.05, 4.69) is 48.7 Å². The quantitative estimate of drug-likeness (QED) is 0.848. The van der Waals surface area contributed by atoms with Gasteiger partial charge < -0.3 is 5.73 Å². The summed E-state index contributed by atoms with van der Waals surface area (Å²) in [5.74, 6) is 0. The van der Waals surface area contributed by atoms with Crippen LogP contribution in [0, 0.1) is 0 Å². The minimum Gasteiger partial charge on any atom is -0.324 e. The molecule has 2 N–H and O–H groups in total. The third-order valence-corrected chi connectivity index (χ3v) is 3.85. The fraction of sp³-hybridized carbons (Fsp3) is 0.333. The Morgan fingerprint density at radius 2 is 1.94 bits per heavy atom. The molecule has 1 nitrogen and oxygen atoms in total. The van der Waals surface area contributed by atoms with Crippen LogP contribution in [0.3, 0.4) is 0 Å². The molecule has 1 atom stereocenters. The van der Waals surface area contributed by atoms with Gasteiger partial charge in [0.15, 0.2) is 0 Å². The number of benzene rings is 1. The molecule has 0 saturated carbocycles. The molecule has 0 amide bonds. The number of hydrogen-bond donors (Lipinski definition) is 1. The van der Waals surface area contributed by atoms with E-state index in [0.717, 1.165) is 12.8 Å². The van der Waals surface area contributed by atoms with Crippen molar-refractivity contribution in [2.24, 2.45) is 5.73 Å². The molecule has 1 heterocycles. The molecule has 0 fully saturated rings. The van der Waals surface area contributed by atoms with Crippen molar-refractivity contribution in [3.63, 3.8) is 0 Å². The molecule has 1 aromatic heterocycles. The zero-order valence-corrected chi connectivity index (χ0v) is 11.0. The van der Waals surface area contributed by atoms with Crippen LogP contribution in [-0.4, -0.2) is 0 Å². The third kappa shape index (κ3) is 3.42. The first kappa shape index (κ1) is 12.3. The summed E-state index contributed by atoms with van der Waals surface area (Å²) in [6, 6.07) is 13.1. The number of thiophene rings is 1. The summed E-state index contributed by atoms with van der Waals surface area (Å²) < 4.78 is 0. The van der Waals surface area contributed by atoms with Crippen molar-refractivity contribution in [1.29, 1.82) is 0 Å². The van der Waals surface area contributed by atoms with Crippen molar-refractivity contribution in [2.45, 2.75) is 32.2 Å². The van der Waals surface area contributed by atoms with Crippen LogP contribution in [0.4, 0.5) is 0 Å². The van der Waals surface area contributed by atoms with Gasteiger partial charge in [-0.05, 0) is 29.0 Å². The van der Waals surface area contributed by atoms with Crippen molar-refractivity contribution in [2.75, 3.05) is 0 Å². The molecule has 0 radical (unpaired) electrons. The fourth-order valence-electron chi connectivity index (χ4n) is 1.98. The highest BCUT2D eigenvalue weighted by molar-refractivity contribution is 7.09. The normalized spacial score (nSPS) is 12.6. The maximum absolute atomic E-state index is 6.22. The van der Waals surface area contributed by atoms with Gasteiger partial charge in [-0.1, -0.05) is 43.7 Å². The molecule has 2 rings (SSSR count). The highest BCUT2D eigenvalue weighted by atomic mass is 32.1. The molecule has 1 unspecified atom stereocenters. The molecule has 0 bridgehead atoms. The van der Waals surface area contributed by atoms with Gasteiger partial charge in [0, 0.05) is 17.3 Å². The molecule has 0 spiro atoms. The van der Waals surface area contributed by atoms with E-state index >= 15 is 0 Å². The van der Waals surface area contributed by atoms with Gasteiger partial charge in [0.25, 0.3) is 0 Å². The molecule has 2 aromatic rings. The summed E-state index contributed by atoms with van der Waals surface area (Å²) >= 11 is 1.78. The predicted molar refractivity (Wildman–Crippen MR) is 75.4 cm³/mol. The minimum atomic E-state index is 0.115. The average molecular weight is 245 g/mol. The average Bonchev–Trinajstić information content (AvgIpc) is 2.83. The lowest BCUT2D eigenvalue weighted by Crippen LogP contribution is -2.12. The second-order valence-electron chi connectivity index (χ2n) is 4.38. The van der Waals surface area contributed by atoms with Crippen molar-refractivity contribution < 1.29 is 0 Å². The summed E-state index contributed by atoms with van der Waals surface area (Å²) in [6.45, 7) is 2.20. The van der Waals surface area contributed by atoms with Gasteiger partial charge in [-0.25, -0.2) is 0 Å². The fourth-order valence-corrected chi connectivity index (χ4v) is 2.75. The third-order valence-electron chi connectivity index (χ3n) is 2.95. The van der Waals surface area contributed by atoms with Crippen LogP contribution in [0.15, 0.2) is 41.8 Å². The second kappa shape index (κ2) is 5.99. The van der Waals surface area contributed by atoms with Gasteiger partial charge in [-0.2, -0.15) is 0 Å². The molecule has 2 heteroatoms. The SMILES string of the molecule is CCCc1ccc(C(N)Cc2cccs2)cc1. The molecule has 0 aliphatic rings. The lowest BCUT2D eigenvalue weighted by molar-refractivity contribution is 0.729. The molecule has 1 aromatic carbocycles. The largest absolute Gasteiger partial charge is 0.324 e. The van der Waals surface area contributed by atoms with E-state index in [1.165, 1.54) is 22.4 Å². The summed E-state index contributed by atoms with van der Waals surface area (Å²) in [5.41, 5.74) is 8.85. The van der Waals surface area contributed by atoms with E-state index in [1.807, 2.05) is 0 Å². The number of hydrogen-bond acceptors (Lipinski definition) is 2. The van der Waals surface area contributed by atoms with Gasteiger partial charge in [-0.15, -0.1) is 11.3 Å². The molecular formula is C15H19NS. The van der Waals surface area contributed by atoms with Crippen LogP contribution in [-0.2, 0) is 12.8 Å². The zero-order valence-electron chi connectivity index (χ0n) is 10.2. The Morgan fingerprint density at radius 1 is 1.18 bits per heavy atom. The van der Waals surface area contributed by atoms with Crippen LogP contribution in [0.25, 0.3) is 0 Å². The second-order valence-corrected chi connectivity index (χ2v) is 5.41. The van der Waals surface area contributed by atoms with Gasteiger partial charge in [0.2, 0.25) is 0 Å². The van der Waals surface area contributed by atoms with E-state index in [9.17, 15) is 0 Å². The van der Waals surface area contributed by atoms with Gasteiger partial charge in [0.05, 0.1) is 0 Å². The molecule has 0 aliphatic carbocycles. The van der Waals surface area contributed by atoms with Crippen LogP contribution in [0.2, 0.25) is 0 Å². The summed E-state index contributed by atoms with van der Waals surface area (Å²) in [7, 11) is 0. The maximum Gasteiger partial charge on any atom is 0.0343 e. The van der Waals surface area contributed by atoms with Crippen molar-refractivity contribution >= 4 is 11.3 Å². The Kier molecular flexibility index (Phi) is 4.35. The van der Waals surface area contributed by atoms with Crippen LogP contribution in [0.1, 0.15) is 35.4 Å². The highest BCUT2D eigenvalue weighted by Crippen LogP contribution is 2.20. The lowest BCUT2D eigenvalue weighted by Gasteiger charge is -2.11. The van der Waals surface area contributed by atoms with Gasteiger partial charge in [-0.3, -0.25) is 0 Å². The minimum absolute atomic E-state index is 0.115. The van der Waals surface area contributed by atoms with Gasteiger partial charge in [0.1, 0.15) is 0 Å². The summed E-state index contributed by atoms with van der Waals surface area (Å²) in [6.07, 6.45) is 3.28. The first-order valence-corrected chi connectivity index (χ1v) is 7.04. The Balaban J connectivity index is 2.01. The molecule has 90 valence electrons. The first-order chi connectivity index (χ1) is 8.29.